The molecule has 2 aromatic rings. The Morgan fingerprint density at radius 1 is 1.10 bits per heavy atom. The molecule has 1 nitrogen and oxygen atoms in total. The summed E-state index contributed by atoms with van der Waals surface area (Å²) in [5.74, 6) is 0. The maximum absolute atomic E-state index is 5.95. The molecule has 1 unspecified atom stereocenters. The zero-order chi connectivity index (χ0) is 14.7. The zero-order valence-electron chi connectivity index (χ0n) is 12.1. The first-order valence-electron chi connectivity index (χ1n) is 6.75. The Kier molecular flexibility index (Phi) is 5.30. The first-order chi connectivity index (χ1) is 9.45. The second kappa shape index (κ2) is 6.79. The van der Waals surface area contributed by atoms with Crippen LogP contribution in [0.3, 0.4) is 0 Å². The third-order valence-corrected chi connectivity index (χ3v) is 4.86. The van der Waals surface area contributed by atoms with Gasteiger partial charge >= 0.3 is 0 Å². The van der Waals surface area contributed by atoms with Crippen molar-refractivity contribution in [2.45, 2.75) is 43.0 Å². The van der Waals surface area contributed by atoms with E-state index in [1.807, 2.05) is 18.7 Å². The molecule has 0 heterocycles. The lowest BCUT2D eigenvalue weighted by molar-refractivity contribution is 0.729. The van der Waals surface area contributed by atoms with Gasteiger partial charge in [0.25, 0.3) is 0 Å². The predicted octanol–water partition coefficient (Wildman–Crippen LogP) is 5.11. The van der Waals surface area contributed by atoms with E-state index in [9.17, 15) is 0 Å². The quantitative estimate of drug-likeness (QED) is 0.830. The maximum atomic E-state index is 5.95. The Hall–Kier alpha value is -0.770. The van der Waals surface area contributed by atoms with Crippen LogP contribution in [0.15, 0.2) is 50.7 Å². The lowest BCUT2D eigenvalue weighted by atomic mass is 10.1. The maximum Gasteiger partial charge on any atom is 0.0186 e. The standard InChI is InChI=1S/C17H20BrNS/c1-11-4-7-16(8-12(11)2)20-17-10-15(18)6-5-14(17)9-13(3)19/h4-8,10,13H,9,19H2,1-3H3. The van der Waals surface area contributed by atoms with Gasteiger partial charge in [-0.05, 0) is 68.1 Å². The molecule has 106 valence electrons. The van der Waals surface area contributed by atoms with E-state index in [1.54, 1.807) is 0 Å². The van der Waals surface area contributed by atoms with Crippen LogP contribution in [-0.4, -0.2) is 6.04 Å². The van der Waals surface area contributed by atoms with Crippen molar-refractivity contribution in [3.05, 3.63) is 57.6 Å². The van der Waals surface area contributed by atoms with Gasteiger partial charge in [0.05, 0.1) is 0 Å². The van der Waals surface area contributed by atoms with Crippen molar-refractivity contribution in [1.29, 1.82) is 0 Å². The van der Waals surface area contributed by atoms with Gasteiger partial charge in [-0.3, -0.25) is 0 Å². The Morgan fingerprint density at radius 3 is 2.50 bits per heavy atom. The Bertz CT molecular complexity index is 608. The molecule has 0 bridgehead atoms. The summed E-state index contributed by atoms with van der Waals surface area (Å²) in [6, 6.07) is 13.2. The van der Waals surface area contributed by atoms with Crippen LogP contribution in [0.2, 0.25) is 0 Å². The summed E-state index contributed by atoms with van der Waals surface area (Å²) >= 11 is 5.37. The fraction of sp³-hybridized carbons (Fsp3) is 0.294. The zero-order valence-corrected chi connectivity index (χ0v) is 14.5. The molecule has 0 aromatic heterocycles. The van der Waals surface area contributed by atoms with Crippen molar-refractivity contribution in [2.24, 2.45) is 5.73 Å². The van der Waals surface area contributed by atoms with Gasteiger partial charge in [0.15, 0.2) is 0 Å². The molecule has 0 aliphatic heterocycles. The third-order valence-electron chi connectivity index (χ3n) is 3.28. The van der Waals surface area contributed by atoms with Gasteiger partial charge in [0.1, 0.15) is 0 Å². The lowest BCUT2D eigenvalue weighted by Gasteiger charge is -2.12. The monoisotopic (exact) mass is 349 g/mol. The van der Waals surface area contributed by atoms with Crippen molar-refractivity contribution in [3.8, 4) is 0 Å². The fourth-order valence-electron chi connectivity index (χ4n) is 2.04. The summed E-state index contributed by atoms with van der Waals surface area (Å²) in [5.41, 5.74) is 9.92. The van der Waals surface area contributed by atoms with E-state index < -0.39 is 0 Å². The van der Waals surface area contributed by atoms with Crippen LogP contribution in [0, 0.1) is 13.8 Å². The molecule has 0 spiro atoms. The summed E-state index contributed by atoms with van der Waals surface area (Å²) in [7, 11) is 0. The van der Waals surface area contributed by atoms with Crippen LogP contribution >= 0.6 is 27.7 Å². The average molecular weight is 350 g/mol. The molecule has 0 fully saturated rings. The summed E-state index contributed by atoms with van der Waals surface area (Å²) < 4.78 is 1.11. The van der Waals surface area contributed by atoms with E-state index in [4.69, 9.17) is 5.73 Å². The average Bonchev–Trinajstić information content (AvgIpc) is 2.37. The highest BCUT2D eigenvalue weighted by atomic mass is 79.9. The minimum Gasteiger partial charge on any atom is -0.328 e. The highest BCUT2D eigenvalue weighted by molar-refractivity contribution is 9.10. The van der Waals surface area contributed by atoms with E-state index in [2.05, 4.69) is 66.2 Å². The molecule has 3 heteroatoms. The van der Waals surface area contributed by atoms with Gasteiger partial charge in [-0.15, -0.1) is 0 Å². The van der Waals surface area contributed by atoms with Crippen molar-refractivity contribution in [1.82, 2.24) is 0 Å². The van der Waals surface area contributed by atoms with Crippen molar-refractivity contribution < 1.29 is 0 Å². The molecule has 0 aliphatic rings. The number of nitrogens with two attached hydrogens (primary N) is 1. The van der Waals surface area contributed by atoms with E-state index >= 15 is 0 Å². The molecule has 0 aliphatic carbocycles. The normalized spacial score (nSPS) is 12.4. The number of aryl methyl sites for hydroxylation is 2. The lowest BCUT2D eigenvalue weighted by Crippen LogP contribution is -2.18. The van der Waals surface area contributed by atoms with Gasteiger partial charge in [0.2, 0.25) is 0 Å². The molecular weight excluding hydrogens is 330 g/mol. The van der Waals surface area contributed by atoms with E-state index in [0.29, 0.717) is 0 Å². The molecule has 20 heavy (non-hydrogen) atoms. The second-order valence-corrected chi connectivity index (χ2v) is 7.31. The second-order valence-electron chi connectivity index (χ2n) is 5.28. The van der Waals surface area contributed by atoms with Crippen molar-refractivity contribution in [2.75, 3.05) is 0 Å². The largest absolute Gasteiger partial charge is 0.328 e. The molecule has 1 atom stereocenters. The topological polar surface area (TPSA) is 26.0 Å². The van der Waals surface area contributed by atoms with E-state index in [0.717, 1.165) is 10.9 Å². The van der Waals surface area contributed by atoms with Crippen LogP contribution in [0.5, 0.6) is 0 Å². The highest BCUT2D eigenvalue weighted by Gasteiger charge is 2.08. The molecule has 2 N–H and O–H groups in total. The first-order valence-corrected chi connectivity index (χ1v) is 8.36. The summed E-state index contributed by atoms with van der Waals surface area (Å²) in [5, 5.41) is 0. The SMILES string of the molecule is Cc1ccc(Sc2cc(Br)ccc2CC(C)N)cc1C. The molecular formula is C17H20BrNS. The van der Waals surface area contributed by atoms with Crippen LogP contribution in [0.1, 0.15) is 23.6 Å². The minimum atomic E-state index is 0.176. The number of rotatable bonds is 4. The van der Waals surface area contributed by atoms with Crippen molar-refractivity contribution in [3.63, 3.8) is 0 Å². The van der Waals surface area contributed by atoms with Crippen LogP contribution in [0.4, 0.5) is 0 Å². The van der Waals surface area contributed by atoms with Gasteiger partial charge in [-0.2, -0.15) is 0 Å². The Balaban J connectivity index is 2.31. The number of halogens is 1. The molecule has 0 radical (unpaired) electrons. The summed E-state index contributed by atoms with van der Waals surface area (Å²) in [4.78, 5) is 2.55. The predicted molar refractivity (Wildman–Crippen MR) is 91.5 cm³/mol. The van der Waals surface area contributed by atoms with Gasteiger partial charge in [-0.1, -0.05) is 39.8 Å². The number of benzene rings is 2. The minimum absolute atomic E-state index is 0.176. The third kappa shape index (κ3) is 4.11. The highest BCUT2D eigenvalue weighted by Crippen LogP contribution is 2.34. The van der Waals surface area contributed by atoms with E-state index in [1.165, 1.54) is 26.5 Å². The van der Waals surface area contributed by atoms with Crippen molar-refractivity contribution >= 4 is 27.7 Å². The van der Waals surface area contributed by atoms with Crippen LogP contribution < -0.4 is 5.73 Å². The van der Waals surface area contributed by atoms with E-state index in [-0.39, 0.29) is 6.04 Å². The molecule has 0 saturated carbocycles. The first kappa shape index (κ1) is 15.6. The fourth-order valence-corrected chi connectivity index (χ4v) is 3.65. The summed E-state index contributed by atoms with van der Waals surface area (Å²) in [6.07, 6.45) is 0.903. The van der Waals surface area contributed by atoms with Crippen LogP contribution in [0.25, 0.3) is 0 Å². The van der Waals surface area contributed by atoms with Gasteiger partial charge in [0, 0.05) is 20.3 Å². The molecule has 2 aromatic carbocycles. The molecule has 0 amide bonds. The molecule has 0 saturated heterocycles. The number of hydrogen-bond acceptors (Lipinski definition) is 2. The van der Waals surface area contributed by atoms with Crippen LogP contribution in [-0.2, 0) is 6.42 Å². The van der Waals surface area contributed by atoms with Gasteiger partial charge < -0.3 is 5.73 Å². The van der Waals surface area contributed by atoms with Gasteiger partial charge in [-0.25, -0.2) is 0 Å². The molecule has 2 rings (SSSR count). The number of hydrogen-bond donors (Lipinski definition) is 1. The summed E-state index contributed by atoms with van der Waals surface area (Å²) in [6.45, 7) is 6.35. The Labute approximate surface area is 134 Å². The smallest absolute Gasteiger partial charge is 0.0186 e. The Morgan fingerprint density at radius 2 is 1.85 bits per heavy atom.